The van der Waals surface area contributed by atoms with Crippen LogP contribution in [0.25, 0.3) is 0 Å². The van der Waals surface area contributed by atoms with E-state index in [-0.39, 0.29) is 5.92 Å². The van der Waals surface area contributed by atoms with Gasteiger partial charge in [0.15, 0.2) is 0 Å². The first-order valence-corrected chi connectivity index (χ1v) is 9.82. The van der Waals surface area contributed by atoms with Gasteiger partial charge in [0.25, 0.3) is 0 Å². The minimum atomic E-state index is 0.152. The molecule has 0 N–H and O–H groups in total. The SMILES string of the molecule is Cc1cccc(CN2CCC[C@@H](C(=O)N3CCc4ccccc4C3)C2)c1. The number of likely N-dealkylation sites (tertiary alicyclic amines) is 1. The summed E-state index contributed by atoms with van der Waals surface area (Å²) in [5, 5.41) is 0. The number of benzene rings is 2. The lowest BCUT2D eigenvalue weighted by Gasteiger charge is -2.36. The van der Waals surface area contributed by atoms with Crippen molar-refractivity contribution in [3.05, 3.63) is 70.8 Å². The maximum absolute atomic E-state index is 13.1. The maximum Gasteiger partial charge on any atom is 0.227 e. The van der Waals surface area contributed by atoms with Crippen LogP contribution in [0.1, 0.15) is 35.1 Å². The highest BCUT2D eigenvalue weighted by Gasteiger charge is 2.30. The van der Waals surface area contributed by atoms with Gasteiger partial charge in [0.1, 0.15) is 0 Å². The maximum atomic E-state index is 13.1. The van der Waals surface area contributed by atoms with Crippen LogP contribution in [0.4, 0.5) is 0 Å². The summed E-state index contributed by atoms with van der Waals surface area (Å²) < 4.78 is 0. The van der Waals surface area contributed by atoms with Crippen molar-refractivity contribution in [2.75, 3.05) is 19.6 Å². The Morgan fingerprint density at radius 1 is 1.08 bits per heavy atom. The number of carbonyl (C=O) groups excluding carboxylic acids is 1. The molecular formula is C23H28N2O. The molecule has 2 aliphatic rings. The van der Waals surface area contributed by atoms with Crippen molar-refractivity contribution < 1.29 is 4.79 Å². The molecule has 3 nitrogen and oxygen atoms in total. The Kier molecular flexibility index (Phi) is 5.07. The number of carbonyl (C=O) groups is 1. The van der Waals surface area contributed by atoms with Crippen molar-refractivity contribution in [3.63, 3.8) is 0 Å². The molecule has 2 aromatic rings. The highest BCUT2D eigenvalue weighted by molar-refractivity contribution is 5.79. The molecule has 0 saturated carbocycles. The third-order valence-electron chi connectivity index (χ3n) is 5.79. The third kappa shape index (κ3) is 3.83. The Balaban J connectivity index is 1.39. The summed E-state index contributed by atoms with van der Waals surface area (Å²) in [4.78, 5) is 17.7. The van der Waals surface area contributed by atoms with Crippen LogP contribution in [0.5, 0.6) is 0 Å². The Morgan fingerprint density at radius 2 is 1.92 bits per heavy atom. The van der Waals surface area contributed by atoms with E-state index >= 15 is 0 Å². The van der Waals surface area contributed by atoms with Crippen molar-refractivity contribution in [1.29, 1.82) is 0 Å². The fourth-order valence-electron chi connectivity index (χ4n) is 4.41. The first kappa shape index (κ1) is 17.3. The van der Waals surface area contributed by atoms with Crippen LogP contribution in [0.15, 0.2) is 48.5 Å². The molecule has 1 atom stereocenters. The van der Waals surface area contributed by atoms with Gasteiger partial charge in [-0.1, -0.05) is 54.1 Å². The predicted molar refractivity (Wildman–Crippen MR) is 105 cm³/mol. The Morgan fingerprint density at radius 3 is 2.77 bits per heavy atom. The molecule has 4 rings (SSSR count). The predicted octanol–water partition coefficient (Wildman–Crippen LogP) is 3.79. The summed E-state index contributed by atoms with van der Waals surface area (Å²) in [5.41, 5.74) is 5.38. The van der Waals surface area contributed by atoms with E-state index in [1.165, 1.54) is 22.3 Å². The zero-order valence-corrected chi connectivity index (χ0v) is 15.7. The largest absolute Gasteiger partial charge is 0.338 e. The number of nitrogens with zero attached hydrogens (tertiary/aromatic N) is 2. The minimum absolute atomic E-state index is 0.152. The molecule has 2 aromatic carbocycles. The van der Waals surface area contributed by atoms with E-state index in [1.807, 2.05) is 0 Å². The number of fused-ring (bicyclic) bond motifs is 1. The van der Waals surface area contributed by atoms with E-state index in [0.717, 1.165) is 52.0 Å². The van der Waals surface area contributed by atoms with Crippen LogP contribution in [0.2, 0.25) is 0 Å². The van der Waals surface area contributed by atoms with Gasteiger partial charge in [-0.05, 0) is 49.4 Å². The second kappa shape index (κ2) is 7.63. The number of hydrogen-bond donors (Lipinski definition) is 0. The average molecular weight is 348 g/mol. The van der Waals surface area contributed by atoms with Gasteiger partial charge in [0.2, 0.25) is 5.91 Å². The van der Waals surface area contributed by atoms with Crippen LogP contribution in [-0.4, -0.2) is 35.3 Å². The topological polar surface area (TPSA) is 23.6 Å². The first-order chi connectivity index (χ1) is 12.7. The van der Waals surface area contributed by atoms with E-state index in [0.29, 0.717) is 5.91 Å². The molecule has 2 heterocycles. The Labute approximate surface area is 156 Å². The summed E-state index contributed by atoms with van der Waals surface area (Å²) >= 11 is 0. The van der Waals surface area contributed by atoms with Crippen molar-refractivity contribution in [3.8, 4) is 0 Å². The van der Waals surface area contributed by atoms with Gasteiger partial charge >= 0.3 is 0 Å². The second-order valence-electron chi connectivity index (χ2n) is 7.84. The second-order valence-corrected chi connectivity index (χ2v) is 7.84. The van der Waals surface area contributed by atoms with Gasteiger partial charge in [0, 0.05) is 26.2 Å². The molecule has 1 amide bonds. The van der Waals surface area contributed by atoms with Crippen molar-refractivity contribution in [1.82, 2.24) is 9.80 Å². The van der Waals surface area contributed by atoms with Crippen LogP contribution in [0, 0.1) is 12.8 Å². The smallest absolute Gasteiger partial charge is 0.227 e. The molecule has 136 valence electrons. The van der Waals surface area contributed by atoms with Gasteiger partial charge in [-0.3, -0.25) is 9.69 Å². The Hall–Kier alpha value is -2.13. The molecule has 0 spiro atoms. The number of aryl methyl sites for hydroxylation is 1. The van der Waals surface area contributed by atoms with Crippen molar-refractivity contribution in [2.45, 2.75) is 39.3 Å². The van der Waals surface area contributed by atoms with E-state index < -0.39 is 0 Å². The van der Waals surface area contributed by atoms with Crippen LogP contribution in [0.3, 0.4) is 0 Å². The summed E-state index contributed by atoms with van der Waals surface area (Å²) in [7, 11) is 0. The molecule has 3 heteroatoms. The molecule has 0 bridgehead atoms. The van der Waals surface area contributed by atoms with Gasteiger partial charge in [0.05, 0.1) is 5.92 Å². The molecule has 0 unspecified atom stereocenters. The van der Waals surface area contributed by atoms with Gasteiger partial charge in [-0.15, -0.1) is 0 Å². The average Bonchev–Trinajstić information content (AvgIpc) is 2.67. The Bertz CT molecular complexity index is 785. The number of rotatable bonds is 3. The molecule has 1 fully saturated rings. The highest BCUT2D eigenvalue weighted by Crippen LogP contribution is 2.25. The molecule has 1 saturated heterocycles. The molecular weight excluding hydrogens is 320 g/mol. The monoisotopic (exact) mass is 348 g/mol. The molecule has 0 radical (unpaired) electrons. The van der Waals surface area contributed by atoms with Crippen molar-refractivity contribution >= 4 is 5.91 Å². The van der Waals surface area contributed by atoms with Gasteiger partial charge < -0.3 is 4.90 Å². The van der Waals surface area contributed by atoms with Gasteiger partial charge in [-0.25, -0.2) is 0 Å². The van der Waals surface area contributed by atoms with E-state index in [4.69, 9.17) is 0 Å². The summed E-state index contributed by atoms with van der Waals surface area (Å²) in [6, 6.07) is 17.3. The van der Waals surface area contributed by atoms with Gasteiger partial charge in [-0.2, -0.15) is 0 Å². The fraction of sp³-hybridized carbons (Fsp3) is 0.435. The lowest BCUT2D eigenvalue weighted by molar-refractivity contribution is -0.138. The van der Waals surface area contributed by atoms with Crippen LogP contribution < -0.4 is 0 Å². The highest BCUT2D eigenvalue weighted by atomic mass is 16.2. The third-order valence-corrected chi connectivity index (χ3v) is 5.79. The molecule has 0 aromatic heterocycles. The number of amides is 1. The van der Waals surface area contributed by atoms with E-state index in [9.17, 15) is 4.79 Å². The first-order valence-electron chi connectivity index (χ1n) is 9.82. The fourth-order valence-corrected chi connectivity index (χ4v) is 4.41. The molecule has 0 aliphatic carbocycles. The minimum Gasteiger partial charge on any atom is -0.338 e. The van der Waals surface area contributed by atoms with E-state index in [1.54, 1.807) is 0 Å². The number of hydrogen-bond acceptors (Lipinski definition) is 2. The lowest BCUT2D eigenvalue weighted by atomic mass is 9.93. The standard InChI is InChI=1S/C23H28N2O/c1-18-6-4-7-19(14-18)15-24-12-5-10-22(16-24)23(26)25-13-11-20-8-2-3-9-21(20)17-25/h2-4,6-9,14,22H,5,10-13,15-17H2,1H3/t22-/m1/s1. The van der Waals surface area contributed by atoms with Crippen LogP contribution >= 0.6 is 0 Å². The molecule has 26 heavy (non-hydrogen) atoms. The summed E-state index contributed by atoms with van der Waals surface area (Å²) in [6.45, 7) is 6.73. The zero-order valence-electron chi connectivity index (χ0n) is 15.7. The zero-order chi connectivity index (χ0) is 17.9. The summed E-state index contributed by atoms with van der Waals surface area (Å²) in [5.74, 6) is 0.507. The quantitative estimate of drug-likeness (QED) is 0.842. The normalized spacial score (nSPS) is 20.7. The van der Waals surface area contributed by atoms with E-state index in [2.05, 4.69) is 65.3 Å². The van der Waals surface area contributed by atoms with Crippen LogP contribution in [-0.2, 0) is 24.3 Å². The molecule has 2 aliphatic heterocycles. The lowest BCUT2D eigenvalue weighted by Crippen LogP contribution is -2.46. The van der Waals surface area contributed by atoms with Crippen molar-refractivity contribution in [2.24, 2.45) is 5.92 Å². The summed E-state index contributed by atoms with van der Waals surface area (Å²) in [6.07, 6.45) is 3.13. The number of piperidine rings is 1.